The minimum absolute atomic E-state index is 0.881. The lowest BCUT2D eigenvalue weighted by Gasteiger charge is -2.46. The van der Waals surface area contributed by atoms with Crippen molar-refractivity contribution in [2.24, 2.45) is 0 Å². The van der Waals surface area contributed by atoms with Gasteiger partial charge in [-0.3, -0.25) is 0 Å². The van der Waals surface area contributed by atoms with E-state index in [2.05, 4.69) is 43.4 Å². The summed E-state index contributed by atoms with van der Waals surface area (Å²) in [6.07, 6.45) is 0. The zero-order valence-electron chi connectivity index (χ0n) is 15.4. The molecule has 0 heterocycles. The molecule has 0 saturated carbocycles. The molecular weight excluding hydrogens is 300 g/mol. The topological polar surface area (TPSA) is 34.2 Å². The van der Waals surface area contributed by atoms with Gasteiger partial charge in [0, 0.05) is 27.4 Å². The fraction of sp³-hybridized carbons (Fsp3) is 1.00. The lowest BCUT2D eigenvalue weighted by molar-refractivity contribution is 0.124. The second-order valence-electron chi connectivity index (χ2n) is 5.36. The predicted octanol–water partition coefficient (Wildman–Crippen LogP) is 2.62. The molecule has 0 spiro atoms. The third-order valence-corrected chi connectivity index (χ3v) is 13.1. The highest BCUT2D eigenvalue weighted by molar-refractivity contribution is 6.75. The Morgan fingerprint density at radius 3 is 1.24 bits per heavy atom. The van der Waals surface area contributed by atoms with Crippen molar-refractivity contribution < 1.29 is 13.3 Å². The van der Waals surface area contributed by atoms with Crippen LogP contribution in [-0.2, 0) is 13.3 Å². The van der Waals surface area contributed by atoms with Crippen LogP contribution in [0, 0.1) is 0 Å². The molecule has 0 bridgehead atoms. The highest BCUT2D eigenvalue weighted by atomic mass is 28.4. The molecule has 0 aliphatic carbocycles. The number of hydrogen-bond acceptors (Lipinski definition) is 5. The van der Waals surface area contributed by atoms with Gasteiger partial charge < -0.3 is 22.4 Å². The normalized spacial score (nSPS) is 13.4. The molecule has 0 fully saturated rings. The zero-order chi connectivity index (χ0) is 16.5. The molecule has 0 aromatic rings. The summed E-state index contributed by atoms with van der Waals surface area (Å²) in [6, 6.07) is 1.99. The largest absolute Gasteiger partial charge is 0.499 e. The Bertz CT molecular complexity index is 251. The van der Waals surface area contributed by atoms with Crippen molar-refractivity contribution >= 4 is 17.2 Å². The van der Waals surface area contributed by atoms with Gasteiger partial charge in [-0.25, -0.2) is 0 Å². The van der Waals surface area contributed by atoms with Crippen LogP contribution >= 0.6 is 0 Å². The van der Waals surface area contributed by atoms with E-state index in [1.54, 1.807) is 21.3 Å². The van der Waals surface area contributed by atoms with Crippen molar-refractivity contribution in [1.82, 2.24) is 9.13 Å². The molecule has 0 radical (unpaired) electrons. The third kappa shape index (κ3) is 5.12. The van der Waals surface area contributed by atoms with Crippen LogP contribution < -0.4 is 0 Å². The zero-order valence-corrected chi connectivity index (χ0v) is 17.4. The molecule has 0 N–H and O–H groups in total. The summed E-state index contributed by atoms with van der Waals surface area (Å²) in [5.41, 5.74) is 0. The van der Waals surface area contributed by atoms with E-state index in [1.165, 1.54) is 0 Å². The molecule has 128 valence electrons. The molecule has 0 aliphatic rings. The van der Waals surface area contributed by atoms with Crippen LogP contribution in [-0.4, -0.2) is 73.8 Å². The first-order chi connectivity index (χ1) is 9.93. The summed E-state index contributed by atoms with van der Waals surface area (Å²) in [4.78, 5) is 0. The average molecular weight is 337 g/mol. The van der Waals surface area contributed by atoms with E-state index in [0.29, 0.717) is 0 Å². The minimum atomic E-state index is -2.49. The molecule has 0 amide bonds. The summed E-state index contributed by atoms with van der Waals surface area (Å²) in [5.74, 6) is 0. The van der Waals surface area contributed by atoms with Crippen molar-refractivity contribution in [3.8, 4) is 0 Å². The van der Waals surface area contributed by atoms with Crippen LogP contribution in [0.25, 0.3) is 0 Å². The standard InChI is InChI=1S/C14H36N2O3Si2/c1-9-15(10-2)20(8,16(11-3)12-4)13-14-21(17-5,18-6)19-7/h9-14H2,1-8H3. The van der Waals surface area contributed by atoms with E-state index in [9.17, 15) is 0 Å². The smallest absolute Gasteiger partial charge is 0.377 e. The van der Waals surface area contributed by atoms with E-state index in [1.807, 2.05) is 0 Å². The van der Waals surface area contributed by atoms with Gasteiger partial charge in [0.05, 0.1) is 0 Å². The average Bonchev–Trinajstić information content (AvgIpc) is 2.51. The van der Waals surface area contributed by atoms with E-state index < -0.39 is 17.2 Å². The third-order valence-electron chi connectivity index (χ3n) is 4.73. The van der Waals surface area contributed by atoms with E-state index in [-0.39, 0.29) is 0 Å². The van der Waals surface area contributed by atoms with Crippen molar-refractivity contribution in [1.29, 1.82) is 0 Å². The summed E-state index contributed by atoms with van der Waals surface area (Å²) in [7, 11) is 0.910. The monoisotopic (exact) mass is 336 g/mol. The van der Waals surface area contributed by atoms with Crippen molar-refractivity contribution in [2.75, 3.05) is 47.5 Å². The maximum absolute atomic E-state index is 5.61. The van der Waals surface area contributed by atoms with Gasteiger partial charge in [-0.15, -0.1) is 0 Å². The molecule has 0 aliphatic heterocycles. The minimum Gasteiger partial charge on any atom is -0.377 e. The van der Waals surface area contributed by atoms with Gasteiger partial charge in [-0.1, -0.05) is 27.7 Å². The van der Waals surface area contributed by atoms with Gasteiger partial charge in [-0.2, -0.15) is 0 Å². The summed E-state index contributed by atoms with van der Waals surface area (Å²) in [6.45, 7) is 15.9. The lowest BCUT2D eigenvalue weighted by Crippen LogP contribution is -2.64. The van der Waals surface area contributed by atoms with Gasteiger partial charge in [0.1, 0.15) is 0 Å². The molecule has 5 nitrogen and oxygen atoms in total. The number of nitrogens with zero attached hydrogens (tertiary/aromatic N) is 2. The molecule has 7 heteroatoms. The Balaban J connectivity index is 5.24. The molecule has 0 atom stereocenters. The van der Waals surface area contributed by atoms with E-state index >= 15 is 0 Å². The molecule has 0 unspecified atom stereocenters. The summed E-state index contributed by atoms with van der Waals surface area (Å²) < 4.78 is 22.1. The quantitative estimate of drug-likeness (QED) is 0.512. The number of rotatable bonds is 12. The highest BCUT2D eigenvalue weighted by Crippen LogP contribution is 2.27. The summed E-state index contributed by atoms with van der Waals surface area (Å²) >= 11 is 0. The molecule has 21 heavy (non-hydrogen) atoms. The Morgan fingerprint density at radius 2 is 1.00 bits per heavy atom. The second-order valence-corrected chi connectivity index (χ2v) is 12.6. The fourth-order valence-electron chi connectivity index (χ4n) is 3.27. The van der Waals surface area contributed by atoms with Crippen molar-refractivity contribution in [3.63, 3.8) is 0 Å². The van der Waals surface area contributed by atoms with E-state index in [4.69, 9.17) is 13.3 Å². The first-order valence-electron chi connectivity index (χ1n) is 8.08. The SMILES string of the molecule is CCN(CC)[Si](C)(CC[Si](OC)(OC)OC)N(CC)CC. The molecule has 0 aromatic heterocycles. The molecular formula is C14H36N2O3Si2. The van der Waals surface area contributed by atoms with Crippen LogP contribution in [0.1, 0.15) is 27.7 Å². The van der Waals surface area contributed by atoms with Crippen LogP contribution in [0.2, 0.25) is 18.6 Å². The lowest BCUT2D eigenvalue weighted by atomic mass is 10.7. The van der Waals surface area contributed by atoms with E-state index in [0.717, 1.165) is 38.3 Å². The maximum Gasteiger partial charge on any atom is 0.499 e. The maximum atomic E-state index is 5.61. The van der Waals surface area contributed by atoms with Crippen LogP contribution in [0.15, 0.2) is 0 Å². The Hall–Kier alpha value is 0.234. The fourth-order valence-corrected chi connectivity index (χ4v) is 11.3. The number of hydrogen-bond donors (Lipinski definition) is 0. The second kappa shape index (κ2) is 10.1. The van der Waals surface area contributed by atoms with Crippen LogP contribution in [0.4, 0.5) is 0 Å². The van der Waals surface area contributed by atoms with Crippen LogP contribution in [0.5, 0.6) is 0 Å². The van der Waals surface area contributed by atoms with Gasteiger partial charge >= 0.3 is 8.80 Å². The van der Waals surface area contributed by atoms with Crippen LogP contribution in [0.3, 0.4) is 0 Å². The first-order valence-corrected chi connectivity index (χ1v) is 12.6. The van der Waals surface area contributed by atoms with Gasteiger partial charge in [0.15, 0.2) is 0 Å². The Kier molecular flexibility index (Phi) is 10.2. The molecule has 0 aromatic carbocycles. The van der Waals surface area contributed by atoms with Gasteiger partial charge in [-0.05, 0) is 38.8 Å². The Labute approximate surface area is 134 Å². The van der Waals surface area contributed by atoms with Gasteiger partial charge in [0.25, 0.3) is 0 Å². The van der Waals surface area contributed by atoms with Gasteiger partial charge in [0.2, 0.25) is 8.40 Å². The van der Waals surface area contributed by atoms with Crippen molar-refractivity contribution in [2.45, 2.75) is 46.3 Å². The molecule has 0 saturated heterocycles. The predicted molar refractivity (Wildman–Crippen MR) is 93.9 cm³/mol. The highest BCUT2D eigenvalue weighted by Gasteiger charge is 2.45. The first kappa shape index (κ1) is 21.2. The Morgan fingerprint density at radius 1 is 0.667 bits per heavy atom. The molecule has 0 rings (SSSR count). The summed E-state index contributed by atoms with van der Waals surface area (Å²) in [5, 5.41) is 0. The van der Waals surface area contributed by atoms with Crippen molar-refractivity contribution in [3.05, 3.63) is 0 Å².